The predicted molar refractivity (Wildman–Crippen MR) is 97.1 cm³/mol. The van der Waals surface area contributed by atoms with Crippen LogP contribution in [-0.4, -0.2) is 21.7 Å². The molecule has 6 nitrogen and oxygen atoms in total. The standard InChI is InChI=1S/C19H15ClFN3O3/c1-11-15(17(20)24(23-11)14-9-7-13(21)8-10-14)19(26)27-16(18(22)25)12-5-3-2-4-6-12/h2-10,16H,1H3,(H2,22,25). The Hall–Kier alpha value is -3.19. The molecular formula is C19H15ClFN3O3. The summed E-state index contributed by atoms with van der Waals surface area (Å²) in [6.07, 6.45) is -1.26. The van der Waals surface area contributed by atoms with E-state index >= 15 is 0 Å². The van der Waals surface area contributed by atoms with Gasteiger partial charge in [-0.2, -0.15) is 5.10 Å². The number of nitrogens with two attached hydrogens (primary N) is 1. The minimum Gasteiger partial charge on any atom is -0.444 e. The van der Waals surface area contributed by atoms with E-state index in [0.717, 1.165) is 0 Å². The van der Waals surface area contributed by atoms with Gasteiger partial charge in [0.15, 0.2) is 0 Å². The minimum absolute atomic E-state index is 0.00294. The molecule has 0 fully saturated rings. The van der Waals surface area contributed by atoms with Crippen LogP contribution in [0.5, 0.6) is 0 Å². The number of rotatable bonds is 5. The van der Waals surface area contributed by atoms with Crippen molar-refractivity contribution in [2.24, 2.45) is 5.73 Å². The van der Waals surface area contributed by atoms with Crippen molar-refractivity contribution in [1.29, 1.82) is 0 Å². The molecule has 138 valence electrons. The summed E-state index contributed by atoms with van der Waals surface area (Å²) in [4.78, 5) is 24.4. The van der Waals surface area contributed by atoms with Crippen LogP contribution in [0.15, 0.2) is 54.6 Å². The molecule has 1 unspecified atom stereocenters. The van der Waals surface area contributed by atoms with E-state index in [1.807, 2.05) is 0 Å². The summed E-state index contributed by atoms with van der Waals surface area (Å²) in [5, 5.41) is 4.19. The quantitative estimate of drug-likeness (QED) is 0.680. The summed E-state index contributed by atoms with van der Waals surface area (Å²) >= 11 is 6.30. The predicted octanol–water partition coefficient (Wildman–Crippen LogP) is 3.36. The van der Waals surface area contributed by atoms with Gasteiger partial charge in [0.05, 0.1) is 11.4 Å². The molecule has 1 amide bonds. The van der Waals surface area contributed by atoms with Gasteiger partial charge in [0.1, 0.15) is 16.5 Å². The van der Waals surface area contributed by atoms with Crippen molar-refractivity contribution in [3.63, 3.8) is 0 Å². The maximum Gasteiger partial charge on any atom is 0.344 e. The molecule has 0 radical (unpaired) electrons. The summed E-state index contributed by atoms with van der Waals surface area (Å²) in [5.41, 5.74) is 6.59. The van der Waals surface area contributed by atoms with E-state index in [1.54, 1.807) is 37.3 Å². The number of aryl methyl sites for hydroxylation is 1. The van der Waals surface area contributed by atoms with E-state index in [9.17, 15) is 14.0 Å². The highest BCUT2D eigenvalue weighted by Gasteiger charge is 2.28. The first-order chi connectivity index (χ1) is 12.9. The van der Waals surface area contributed by atoms with Crippen LogP contribution in [0.25, 0.3) is 5.69 Å². The van der Waals surface area contributed by atoms with Crippen LogP contribution in [-0.2, 0) is 9.53 Å². The number of halogens is 2. The number of ether oxygens (including phenoxy) is 1. The molecule has 0 saturated heterocycles. The van der Waals surface area contributed by atoms with Gasteiger partial charge in [-0.15, -0.1) is 0 Å². The molecule has 0 aliphatic heterocycles. The summed E-state index contributed by atoms with van der Waals surface area (Å²) in [7, 11) is 0. The molecule has 2 N–H and O–H groups in total. The Morgan fingerprint density at radius 2 is 1.78 bits per heavy atom. The van der Waals surface area contributed by atoms with Gasteiger partial charge >= 0.3 is 5.97 Å². The molecule has 0 aliphatic carbocycles. The Balaban J connectivity index is 1.93. The molecule has 8 heteroatoms. The number of amides is 1. The lowest BCUT2D eigenvalue weighted by Gasteiger charge is -2.15. The smallest absolute Gasteiger partial charge is 0.344 e. The first-order valence-corrected chi connectivity index (χ1v) is 8.32. The lowest BCUT2D eigenvalue weighted by molar-refractivity contribution is -0.127. The van der Waals surface area contributed by atoms with E-state index in [0.29, 0.717) is 16.9 Å². The van der Waals surface area contributed by atoms with Crippen molar-refractivity contribution >= 4 is 23.5 Å². The van der Waals surface area contributed by atoms with Gasteiger partial charge in [0, 0.05) is 5.56 Å². The normalized spacial score (nSPS) is 11.8. The van der Waals surface area contributed by atoms with Gasteiger partial charge in [-0.3, -0.25) is 4.79 Å². The maximum atomic E-state index is 13.1. The highest BCUT2D eigenvalue weighted by atomic mass is 35.5. The zero-order chi connectivity index (χ0) is 19.6. The molecule has 3 rings (SSSR count). The van der Waals surface area contributed by atoms with E-state index < -0.39 is 23.8 Å². The van der Waals surface area contributed by atoms with E-state index in [-0.39, 0.29) is 10.7 Å². The van der Waals surface area contributed by atoms with Crippen molar-refractivity contribution in [2.45, 2.75) is 13.0 Å². The number of esters is 1. The zero-order valence-corrected chi connectivity index (χ0v) is 15.0. The topological polar surface area (TPSA) is 87.2 Å². The summed E-state index contributed by atoms with van der Waals surface area (Å²) < 4.78 is 19.7. The second-order valence-electron chi connectivity index (χ2n) is 5.74. The van der Waals surface area contributed by atoms with Gasteiger partial charge in [0.2, 0.25) is 6.10 Å². The van der Waals surface area contributed by atoms with Crippen molar-refractivity contribution < 1.29 is 18.7 Å². The highest BCUT2D eigenvalue weighted by Crippen LogP contribution is 2.27. The molecule has 0 spiro atoms. The van der Waals surface area contributed by atoms with Crippen LogP contribution in [0.3, 0.4) is 0 Å². The fourth-order valence-corrected chi connectivity index (χ4v) is 2.92. The molecule has 0 aliphatic rings. The van der Waals surface area contributed by atoms with Crippen LogP contribution in [0.2, 0.25) is 5.15 Å². The van der Waals surface area contributed by atoms with Gasteiger partial charge in [0.25, 0.3) is 5.91 Å². The second kappa shape index (κ2) is 7.59. The van der Waals surface area contributed by atoms with Crippen LogP contribution in [0.1, 0.15) is 27.7 Å². The van der Waals surface area contributed by atoms with E-state index in [1.165, 1.54) is 28.9 Å². The van der Waals surface area contributed by atoms with Gasteiger partial charge in [-0.1, -0.05) is 41.9 Å². The summed E-state index contributed by atoms with van der Waals surface area (Å²) in [6.45, 7) is 1.57. The molecule has 1 heterocycles. The van der Waals surface area contributed by atoms with Gasteiger partial charge < -0.3 is 10.5 Å². The minimum atomic E-state index is -1.26. The zero-order valence-electron chi connectivity index (χ0n) is 14.2. The van der Waals surface area contributed by atoms with Crippen LogP contribution < -0.4 is 5.73 Å². The average molecular weight is 388 g/mol. The average Bonchev–Trinajstić information content (AvgIpc) is 2.95. The second-order valence-corrected chi connectivity index (χ2v) is 6.10. The summed E-state index contributed by atoms with van der Waals surface area (Å²) in [5.74, 6) is -2.06. The van der Waals surface area contributed by atoms with Crippen molar-refractivity contribution in [3.8, 4) is 5.69 Å². The first kappa shape index (κ1) is 18.6. The molecule has 1 aromatic heterocycles. The van der Waals surface area contributed by atoms with Crippen LogP contribution >= 0.6 is 11.6 Å². The van der Waals surface area contributed by atoms with Crippen molar-refractivity contribution in [3.05, 3.63) is 82.4 Å². The Morgan fingerprint density at radius 3 is 2.37 bits per heavy atom. The fraction of sp³-hybridized carbons (Fsp3) is 0.105. The molecule has 3 aromatic rings. The molecule has 0 bridgehead atoms. The van der Waals surface area contributed by atoms with Crippen LogP contribution in [0.4, 0.5) is 4.39 Å². The highest BCUT2D eigenvalue weighted by molar-refractivity contribution is 6.33. The third-order valence-electron chi connectivity index (χ3n) is 3.86. The molecule has 0 saturated carbocycles. The lowest BCUT2D eigenvalue weighted by Crippen LogP contribution is -2.26. The molecular weight excluding hydrogens is 373 g/mol. The van der Waals surface area contributed by atoms with Crippen molar-refractivity contribution in [2.75, 3.05) is 0 Å². The molecule has 27 heavy (non-hydrogen) atoms. The summed E-state index contributed by atoms with van der Waals surface area (Å²) in [6, 6.07) is 13.8. The Morgan fingerprint density at radius 1 is 1.15 bits per heavy atom. The fourth-order valence-electron chi connectivity index (χ4n) is 2.57. The van der Waals surface area contributed by atoms with E-state index in [2.05, 4.69) is 5.10 Å². The number of carbonyl (C=O) groups excluding carboxylic acids is 2. The Kier molecular flexibility index (Phi) is 5.23. The molecule has 2 aromatic carbocycles. The van der Waals surface area contributed by atoms with E-state index in [4.69, 9.17) is 22.1 Å². The first-order valence-electron chi connectivity index (χ1n) is 7.94. The number of benzene rings is 2. The number of aromatic nitrogens is 2. The number of nitrogens with zero attached hydrogens (tertiary/aromatic N) is 2. The van der Waals surface area contributed by atoms with Crippen LogP contribution in [0, 0.1) is 12.7 Å². The number of hydrogen-bond donors (Lipinski definition) is 1. The Bertz CT molecular complexity index is 987. The third kappa shape index (κ3) is 3.83. The number of hydrogen-bond acceptors (Lipinski definition) is 4. The lowest BCUT2D eigenvalue weighted by atomic mass is 10.1. The number of primary amides is 1. The largest absolute Gasteiger partial charge is 0.444 e. The Labute approximate surface area is 159 Å². The maximum absolute atomic E-state index is 13.1. The van der Waals surface area contributed by atoms with Gasteiger partial charge in [-0.05, 0) is 31.2 Å². The monoisotopic (exact) mass is 387 g/mol. The SMILES string of the molecule is Cc1nn(-c2ccc(F)cc2)c(Cl)c1C(=O)OC(C(N)=O)c1ccccc1. The molecule has 1 atom stereocenters. The van der Waals surface area contributed by atoms with Crippen molar-refractivity contribution in [1.82, 2.24) is 9.78 Å². The third-order valence-corrected chi connectivity index (χ3v) is 4.21. The number of carbonyl (C=O) groups is 2. The van der Waals surface area contributed by atoms with Gasteiger partial charge in [-0.25, -0.2) is 13.9 Å².